The molecular formula is C54H40. The number of rotatable bonds is 4. The lowest BCUT2D eigenvalue weighted by molar-refractivity contribution is 1.46. The molecule has 54 heavy (non-hydrogen) atoms. The van der Waals surface area contributed by atoms with Crippen molar-refractivity contribution in [3.8, 4) is 66.8 Å². The van der Waals surface area contributed by atoms with E-state index in [2.05, 4.69) is 198 Å². The Hall–Kier alpha value is -6.50. The fourth-order valence-electron chi connectivity index (χ4n) is 8.84. The summed E-state index contributed by atoms with van der Waals surface area (Å²) in [6.45, 7) is 8.66. The Balaban J connectivity index is 1.35. The van der Waals surface area contributed by atoms with Crippen molar-refractivity contribution in [3.05, 3.63) is 214 Å². The second-order valence-electron chi connectivity index (χ2n) is 15.1. The van der Waals surface area contributed by atoms with Gasteiger partial charge in [0.25, 0.3) is 0 Å². The van der Waals surface area contributed by atoms with E-state index in [1.165, 1.54) is 122 Å². The molecule has 0 spiro atoms. The van der Waals surface area contributed by atoms with E-state index < -0.39 is 0 Å². The van der Waals surface area contributed by atoms with E-state index in [9.17, 15) is 0 Å². The largest absolute Gasteiger partial charge is 0.0610 e. The molecule has 0 saturated heterocycles. The summed E-state index contributed by atoms with van der Waals surface area (Å²) in [6, 6.07) is 63.9. The van der Waals surface area contributed by atoms with Crippen molar-refractivity contribution < 1.29 is 0 Å². The molecule has 2 aliphatic rings. The molecule has 10 rings (SSSR count). The predicted molar refractivity (Wildman–Crippen MR) is 229 cm³/mol. The van der Waals surface area contributed by atoms with Crippen LogP contribution in [0.4, 0.5) is 0 Å². The molecule has 2 aliphatic carbocycles. The number of benzene rings is 8. The second-order valence-corrected chi connectivity index (χ2v) is 15.1. The highest BCUT2D eigenvalue weighted by atomic mass is 14.4. The first-order chi connectivity index (χ1) is 26.4. The van der Waals surface area contributed by atoms with Gasteiger partial charge in [-0.3, -0.25) is 0 Å². The standard InChI is InChI=1S/C54H40/c1-33-17-25-37(26-18-33)41-9-5-13-45-49(41)50-42(38-27-19-34(2)20-28-38)10-6-14-46(50)53(45)54-47-15-7-11-43(39-29-21-35(3)22-30-39)51(47)52-44(12-8-16-48(52)54)40-31-23-36(4)24-32-40/h5-32H,1-4H3. The highest BCUT2D eigenvalue weighted by Gasteiger charge is 2.37. The molecule has 0 saturated carbocycles. The maximum Gasteiger partial charge on any atom is -0.00134 e. The van der Waals surface area contributed by atoms with E-state index in [-0.39, 0.29) is 0 Å². The zero-order valence-electron chi connectivity index (χ0n) is 31.2. The molecule has 0 atom stereocenters. The predicted octanol–water partition coefficient (Wildman–Crippen LogP) is 14.6. The lowest BCUT2D eigenvalue weighted by atomic mass is 9.89. The first-order valence-electron chi connectivity index (χ1n) is 19.0. The van der Waals surface area contributed by atoms with Crippen LogP contribution in [-0.4, -0.2) is 0 Å². The van der Waals surface area contributed by atoms with E-state index in [1.807, 2.05) is 0 Å². The summed E-state index contributed by atoms with van der Waals surface area (Å²) in [5.41, 5.74) is 28.1. The van der Waals surface area contributed by atoms with E-state index in [0.717, 1.165) is 0 Å². The summed E-state index contributed by atoms with van der Waals surface area (Å²) in [6.07, 6.45) is 0. The van der Waals surface area contributed by atoms with Crippen LogP contribution in [-0.2, 0) is 0 Å². The fraction of sp³-hybridized carbons (Fsp3) is 0.0741. The van der Waals surface area contributed by atoms with Gasteiger partial charge in [0.2, 0.25) is 0 Å². The highest BCUT2D eigenvalue weighted by molar-refractivity contribution is 6.24. The summed E-state index contributed by atoms with van der Waals surface area (Å²) < 4.78 is 0. The van der Waals surface area contributed by atoms with E-state index in [4.69, 9.17) is 0 Å². The van der Waals surface area contributed by atoms with Gasteiger partial charge in [0.1, 0.15) is 0 Å². The van der Waals surface area contributed by atoms with Crippen LogP contribution in [0.2, 0.25) is 0 Å². The Kier molecular flexibility index (Phi) is 7.49. The maximum absolute atomic E-state index is 2.36. The van der Waals surface area contributed by atoms with Crippen LogP contribution >= 0.6 is 0 Å². The van der Waals surface area contributed by atoms with Crippen LogP contribution in [0.15, 0.2) is 170 Å². The molecule has 0 fully saturated rings. The van der Waals surface area contributed by atoms with Crippen molar-refractivity contribution in [2.75, 3.05) is 0 Å². The summed E-state index contributed by atoms with van der Waals surface area (Å²) in [7, 11) is 0. The van der Waals surface area contributed by atoms with Gasteiger partial charge < -0.3 is 0 Å². The number of aryl methyl sites for hydroxylation is 4. The van der Waals surface area contributed by atoms with Crippen molar-refractivity contribution in [1.29, 1.82) is 0 Å². The van der Waals surface area contributed by atoms with Gasteiger partial charge in [-0.15, -0.1) is 0 Å². The lowest BCUT2D eigenvalue weighted by Crippen LogP contribution is -1.92. The third-order valence-corrected chi connectivity index (χ3v) is 11.5. The van der Waals surface area contributed by atoms with Crippen LogP contribution in [0, 0.1) is 27.7 Å². The minimum Gasteiger partial charge on any atom is -0.0610 e. The van der Waals surface area contributed by atoms with Crippen LogP contribution in [0.5, 0.6) is 0 Å². The van der Waals surface area contributed by atoms with Gasteiger partial charge >= 0.3 is 0 Å². The molecule has 8 aromatic rings. The maximum atomic E-state index is 2.36. The molecule has 0 aliphatic heterocycles. The molecule has 0 N–H and O–H groups in total. The molecule has 0 radical (unpaired) electrons. The van der Waals surface area contributed by atoms with Crippen LogP contribution in [0.1, 0.15) is 44.5 Å². The average molecular weight is 689 g/mol. The van der Waals surface area contributed by atoms with E-state index >= 15 is 0 Å². The molecule has 0 amide bonds. The summed E-state index contributed by atoms with van der Waals surface area (Å²) in [4.78, 5) is 0. The third-order valence-electron chi connectivity index (χ3n) is 11.5. The zero-order valence-corrected chi connectivity index (χ0v) is 31.2. The molecule has 8 aromatic carbocycles. The van der Waals surface area contributed by atoms with E-state index in [1.54, 1.807) is 0 Å². The van der Waals surface area contributed by atoms with Gasteiger partial charge in [0.05, 0.1) is 0 Å². The van der Waals surface area contributed by atoms with Crippen LogP contribution < -0.4 is 0 Å². The zero-order chi connectivity index (χ0) is 36.5. The van der Waals surface area contributed by atoms with Gasteiger partial charge in [-0.05, 0) is 128 Å². The van der Waals surface area contributed by atoms with Crippen molar-refractivity contribution in [1.82, 2.24) is 0 Å². The summed E-state index contributed by atoms with van der Waals surface area (Å²) in [5, 5.41) is 0. The summed E-state index contributed by atoms with van der Waals surface area (Å²) >= 11 is 0. The fourth-order valence-corrected chi connectivity index (χ4v) is 8.84. The Labute approximate surface area is 318 Å². The second kappa shape index (κ2) is 12.6. The number of hydrogen-bond donors (Lipinski definition) is 0. The summed E-state index contributed by atoms with van der Waals surface area (Å²) in [5.74, 6) is 0. The first kappa shape index (κ1) is 32.2. The number of hydrogen-bond acceptors (Lipinski definition) is 0. The molecule has 0 heteroatoms. The third kappa shape index (κ3) is 5.06. The van der Waals surface area contributed by atoms with Gasteiger partial charge in [0, 0.05) is 0 Å². The Morgan fingerprint density at radius 1 is 0.204 bits per heavy atom. The molecule has 0 heterocycles. The highest BCUT2D eigenvalue weighted by Crippen LogP contribution is 2.60. The van der Waals surface area contributed by atoms with Crippen molar-refractivity contribution in [3.63, 3.8) is 0 Å². The van der Waals surface area contributed by atoms with Gasteiger partial charge in [-0.1, -0.05) is 192 Å². The molecule has 0 unspecified atom stereocenters. The van der Waals surface area contributed by atoms with Gasteiger partial charge in [0.15, 0.2) is 0 Å². The van der Waals surface area contributed by atoms with Gasteiger partial charge in [-0.25, -0.2) is 0 Å². The van der Waals surface area contributed by atoms with Gasteiger partial charge in [-0.2, -0.15) is 0 Å². The van der Waals surface area contributed by atoms with Crippen LogP contribution in [0.25, 0.3) is 77.9 Å². The average Bonchev–Trinajstić information content (AvgIpc) is 3.72. The Morgan fingerprint density at radius 3 is 0.593 bits per heavy atom. The smallest absolute Gasteiger partial charge is 0.00134 e. The van der Waals surface area contributed by atoms with E-state index in [0.29, 0.717) is 0 Å². The van der Waals surface area contributed by atoms with Crippen LogP contribution in [0.3, 0.4) is 0 Å². The monoisotopic (exact) mass is 688 g/mol. The topological polar surface area (TPSA) is 0 Å². The quantitative estimate of drug-likeness (QED) is 0.173. The molecular weight excluding hydrogens is 649 g/mol. The Bertz CT molecular complexity index is 2400. The van der Waals surface area contributed by atoms with Crippen molar-refractivity contribution in [2.24, 2.45) is 0 Å². The minimum absolute atomic E-state index is 1.24. The lowest BCUT2D eigenvalue weighted by Gasteiger charge is -2.14. The number of fused-ring (bicyclic) bond motifs is 6. The van der Waals surface area contributed by atoms with Crippen molar-refractivity contribution >= 4 is 11.1 Å². The normalized spacial score (nSPS) is 12.4. The first-order valence-corrected chi connectivity index (χ1v) is 19.0. The molecule has 0 bridgehead atoms. The Morgan fingerprint density at radius 2 is 0.389 bits per heavy atom. The molecule has 0 nitrogen and oxygen atoms in total. The minimum atomic E-state index is 1.24. The SMILES string of the molecule is Cc1ccc(-c2cccc3c2-c2c(cccc2-c2ccc(C)cc2)C3=C2c3cccc(-c4ccc(C)cc4)c3-c3c2cccc3-c2ccc(C)cc2)cc1. The molecule has 0 aromatic heterocycles. The molecule has 256 valence electrons. The van der Waals surface area contributed by atoms with Crippen molar-refractivity contribution in [2.45, 2.75) is 27.7 Å².